The van der Waals surface area contributed by atoms with Crippen molar-refractivity contribution in [1.29, 1.82) is 0 Å². The van der Waals surface area contributed by atoms with Crippen LogP contribution in [-0.4, -0.2) is 37.0 Å². The summed E-state index contributed by atoms with van der Waals surface area (Å²) in [6.45, 7) is 6.68. The number of hydrogen-bond acceptors (Lipinski definition) is 4. The summed E-state index contributed by atoms with van der Waals surface area (Å²) in [5.74, 6) is 0.333. The van der Waals surface area contributed by atoms with Gasteiger partial charge in [-0.15, -0.1) is 0 Å². The number of Topliss-reactive ketones (excluding diaryl/α,β-unsaturated/α-hetero) is 2. The topological polar surface area (TPSA) is 63.6 Å². The van der Waals surface area contributed by atoms with Crippen LogP contribution >= 0.6 is 0 Å². The highest BCUT2D eigenvalue weighted by Crippen LogP contribution is 1.56. The normalized spacial score (nSPS) is 7.23. The van der Waals surface area contributed by atoms with Crippen molar-refractivity contribution in [2.45, 2.75) is 27.7 Å². The van der Waals surface area contributed by atoms with E-state index >= 15 is 0 Å². The van der Waals surface area contributed by atoms with Crippen LogP contribution in [0.2, 0.25) is 0 Å². The molecule has 13 heavy (non-hydrogen) atoms. The molecule has 0 aliphatic carbocycles. The molecule has 0 aliphatic heterocycles. The van der Waals surface area contributed by atoms with Crippen LogP contribution < -0.4 is 0 Å². The van der Waals surface area contributed by atoms with Gasteiger partial charge in [0.2, 0.25) is 0 Å². The highest BCUT2D eigenvalue weighted by Gasteiger charge is 1.67. The third-order valence-corrected chi connectivity index (χ3v) is 0.295. The zero-order chi connectivity index (χ0) is 11.3. The van der Waals surface area contributed by atoms with E-state index in [4.69, 9.17) is 5.11 Å². The lowest BCUT2D eigenvalue weighted by atomic mass is 10.6. The van der Waals surface area contributed by atoms with Crippen molar-refractivity contribution >= 4 is 11.6 Å². The molecule has 0 rings (SSSR count). The van der Waals surface area contributed by atoms with Gasteiger partial charge in [-0.25, -0.2) is 0 Å². The first kappa shape index (κ1) is 18.1. The van der Waals surface area contributed by atoms with Gasteiger partial charge in [-0.2, -0.15) is 0 Å². The number of ketones is 2. The molecule has 4 nitrogen and oxygen atoms in total. The average Bonchev–Trinajstić information content (AvgIpc) is 1.86. The summed E-state index contributed by atoms with van der Waals surface area (Å²) in [5.41, 5.74) is 0. The van der Waals surface area contributed by atoms with Crippen molar-refractivity contribution in [3.63, 3.8) is 0 Å². The van der Waals surface area contributed by atoms with E-state index in [9.17, 15) is 9.59 Å². The fourth-order valence-electron chi connectivity index (χ4n) is 0.0913. The van der Waals surface area contributed by atoms with E-state index in [2.05, 4.69) is 4.74 Å². The summed E-state index contributed by atoms with van der Waals surface area (Å²) >= 11 is 0. The molecule has 0 atom stereocenters. The van der Waals surface area contributed by atoms with Crippen molar-refractivity contribution in [1.82, 2.24) is 0 Å². The number of hydrogen-bond donors (Lipinski definition) is 1. The first-order valence-corrected chi connectivity index (χ1v) is 3.92. The van der Waals surface area contributed by atoms with Crippen molar-refractivity contribution in [3.05, 3.63) is 0 Å². The molecule has 0 aromatic heterocycles. The molecule has 4 heteroatoms. The third-order valence-electron chi connectivity index (χ3n) is 0.295. The predicted molar refractivity (Wildman–Crippen MR) is 51.7 cm³/mol. The second-order valence-corrected chi connectivity index (χ2v) is 2.53. The Kier molecular flexibility index (Phi) is 24.2. The van der Waals surface area contributed by atoms with E-state index in [1.165, 1.54) is 27.7 Å². The van der Waals surface area contributed by atoms with E-state index in [0.29, 0.717) is 6.61 Å². The molecule has 80 valence electrons. The molecule has 0 heterocycles. The molecule has 0 fully saturated rings. The van der Waals surface area contributed by atoms with Gasteiger partial charge in [0.1, 0.15) is 11.6 Å². The minimum atomic E-state index is 0.122. The van der Waals surface area contributed by atoms with E-state index in [1.807, 2.05) is 0 Å². The Morgan fingerprint density at radius 3 is 1.31 bits per heavy atom. The SMILES string of the molecule is CC(C)=O.CC(C)=O.COCCO. The maximum atomic E-state index is 9.44. The van der Waals surface area contributed by atoms with Crippen molar-refractivity contribution in [2.24, 2.45) is 0 Å². The van der Waals surface area contributed by atoms with E-state index in [0.717, 1.165) is 0 Å². The zero-order valence-corrected chi connectivity index (χ0v) is 9.09. The van der Waals surface area contributed by atoms with Crippen LogP contribution in [0.5, 0.6) is 0 Å². The molecule has 0 spiro atoms. The molecule has 0 amide bonds. The standard InChI is InChI=1S/C3H8O2.2C3H6O/c1-5-3-2-4;2*1-3(2)4/h4H,2-3H2,1H3;2*1-2H3. The van der Waals surface area contributed by atoms with Crippen molar-refractivity contribution in [3.8, 4) is 0 Å². The first-order chi connectivity index (χ1) is 5.88. The van der Waals surface area contributed by atoms with Gasteiger partial charge in [-0.05, 0) is 27.7 Å². The quantitative estimate of drug-likeness (QED) is 0.703. The van der Waals surface area contributed by atoms with Crippen molar-refractivity contribution < 1.29 is 19.4 Å². The first-order valence-electron chi connectivity index (χ1n) is 3.92. The fourth-order valence-corrected chi connectivity index (χ4v) is 0.0913. The van der Waals surface area contributed by atoms with E-state index in [-0.39, 0.29) is 18.2 Å². The molecule has 0 aromatic rings. The van der Waals surface area contributed by atoms with Gasteiger partial charge in [0.25, 0.3) is 0 Å². The van der Waals surface area contributed by atoms with Crippen molar-refractivity contribution in [2.75, 3.05) is 20.3 Å². The molecule has 0 radical (unpaired) electrons. The highest BCUT2D eigenvalue weighted by molar-refractivity contribution is 5.72. The van der Waals surface area contributed by atoms with Gasteiger partial charge in [0.15, 0.2) is 0 Å². The second-order valence-electron chi connectivity index (χ2n) is 2.53. The summed E-state index contributed by atoms with van der Waals surface area (Å²) in [4.78, 5) is 18.9. The number of ether oxygens (including phenoxy) is 1. The van der Waals surface area contributed by atoms with E-state index in [1.54, 1.807) is 7.11 Å². The Labute approximate surface area is 79.9 Å². The van der Waals surface area contributed by atoms with Crippen LogP contribution in [0.1, 0.15) is 27.7 Å². The van der Waals surface area contributed by atoms with Crippen LogP contribution in [0, 0.1) is 0 Å². The lowest BCUT2D eigenvalue weighted by Crippen LogP contribution is -1.91. The maximum Gasteiger partial charge on any atom is 0.126 e. The Bertz CT molecular complexity index is 98.8. The molecule has 0 unspecified atom stereocenters. The Morgan fingerprint density at radius 1 is 1.08 bits per heavy atom. The van der Waals surface area contributed by atoms with Gasteiger partial charge in [0.05, 0.1) is 13.2 Å². The average molecular weight is 192 g/mol. The number of rotatable bonds is 2. The molecule has 0 saturated heterocycles. The number of aliphatic hydroxyl groups excluding tert-OH is 1. The van der Waals surface area contributed by atoms with Crippen LogP contribution in [0.4, 0.5) is 0 Å². The van der Waals surface area contributed by atoms with Crippen LogP contribution in [0.25, 0.3) is 0 Å². The lowest BCUT2D eigenvalue weighted by molar-refractivity contribution is -0.115. The minimum absolute atomic E-state index is 0.122. The number of aliphatic hydroxyl groups is 1. The number of carbonyl (C=O) groups excluding carboxylic acids is 2. The highest BCUT2D eigenvalue weighted by atomic mass is 16.5. The smallest absolute Gasteiger partial charge is 0.126 e. The molecule has 0 bridgehead atoms. The van der Waals surface area contributed by atoms with Gasteiger partial charge < -0.3 is 19.4 Å². The Morgan fingerprint density at radius 2 is 1.31 bits per heavy atom. The molecular weight excluding hydrogens is 172 g/mol. The summed E-state index contributed by atoms with van der Waals surface area (Å²) in [5, 5.41) is 7.94. The number of methoxy groups -OCH3 is 1. The third kappa shape index (κ3) is 608. The molecule has 1 N–H and O–H groups in total. The van der Waals surface area contributed by atoms with Crippen LogP contribution in [0.3, 0.4) is 0 Å². The number of carbonyl (C=O) groups is 2. The van der Waals surface area contributed by atoms with Gasteiger partial charge in [-0.1, -0.05) is 0 Å². The Balaban J connectivity index is -0.000000117. The molecule has 0 saturated carbocycles. The molecular formula is C9H20O4. The minimum Gasteiger partial charge on any atom is -0.394 e. The van der Waals surface area contributed by atoms with Gasteiger partial charge in [-0.3, -0.25) is 0 Å². The summed E-state index contributed by atoms with van der Waals surface area (Å²) < 4.78 is 4.44. The summed E-state index contributed by atoms with van der Waals surface area (Å²) in [6.07, 6.45) is 0. The van der Waals surface area contributed by atoms with Gasteiger partial charge >= 0.3 is 0 Å². The van der Waals surface area contributed by atoms with Crippen LogP contribution in [-0.2, 0) is 14.3 Å². The fraction of sp³-hybridized carbons (Fsp3) is 0.778. The molecule has 0 aliphatic rings. The van der Waals surface area contributed by atoms with E-state index < -0.39 is 0 Å². The monoisotopic (exact) mass is 192 g/mol. The van der Waals surface area contributed by atoms with Crippen LogP contribution in [0.15, 0.2) is 0 Å². The second kappa shape index (κ2) is 17.4. The summed E-state index contributed by atoms with van der Waals surface area (Å²) in [7, 11) is 1.55. The molecule has 0 aromatic carbocycles. The Hall–Kier alpha value is -0.740. The maximum absolute atomic E-state index is 9.44. The zero-order valence-electron chi connectivity index (χ0n) is 9.09. The lowest BCUT2D eigenvalue weighted by Gasteiger charge is -1.84. The largest absolute Gasteiger partial charge is 0.394 e. The van der Waals surface area contributed by atoms with Gasteiger partial charge in [0, 0.05) is 7.11 Å². The summed E-state index contributed by atoms with van der Waals surface area (Å²) in [6, 6.07) is 0. The predicted octanol–water partition coefficient (Wildman–Crippen LogP) is 0.816.